The first-order valence-corrected chi connectivity index (χ1v) is 8.78. The van der Waals surface area contributed by atoms with Crippen molar-refractivity contribution in [2.75, 3.05) is 18.4 Å². The van der Waals surface area contributed by atoms with E-state index in [1.165, 1.54) is 6.92 Å². The Bertz CT molecular complexity index is 946. The summed E-state index contributed by atoms with van der Waals surface area (Å²) in [6.07, 6.45) is -4.60. The van der Waals surface area contributed by atoms with Crippen molar-refractivity contribution in [3.05, 3.63) is 58.5 Å². The number of benzene rings is 1. The second-order valence-electron chi connectivity index (χ2n) is 6.56. The Hall–Kier alpha value is -3.17. The first-order chi connectivity index (χ1) is 13.6. The second kappa shape index (κ2) is 8.06. The molecular formula is C19H18F4N4O2. The van der Waals surface area contributed by atoms with Crippen molar-refractivity contribution >= 4 is 17.6 Å². The van der Waals surface area contributed by atoms with Gasteiger partial charge in [-0.1, -0.05) is 6.07 Å². The van der Waals surface area contributed by atoms with Crippen LogP contribution in [0.15, 0.2) is 30.3 Å². The van der Waals surface area contributed by atoms with Crippen molar-refractivity contribution in [1.82, 2.24) is 15.2 Å². The molecule has 29 heavy (non-hydrogen) atoms. The lowest BCUT2D eigenvalue weighted by Crippen LogP contribution is -2.34. The molecule has 0 unspecified atom stereocenters. The average Bonchev–Trinajstić information content (AvgIpc) is 2.95. The van der Waals surface area contributed by atoms with Gasteiger partial charge in [-0.3, -0.25) is 9.59 Å². The smallest absolute Gasteiger partial charge is 0.366 e. The minimum atomic E-state index is -4.60. The Morgan fingerprint density at radius 2 is 2.00 bits per heavy atom. The molecule has 2 heterocycles. The van der Waals surface area contributed by atoms with Crippen LogP contribution < -0.4 is 10.6 Å². The lowest BCUT2D eigenvalue weighted by Gasteiger charge is -2.14. The minimum Gasteiger partial charge on any atom is -0.366 e. The standard InChI is InChI=1S/C19H18F4N4O2/c1-11(28)24-6-7-27-10-16-14(18(27)29)4-5-17(26-16)25-9-12-2-3-13(8-15(12)20)19(21,22)23/h2-5,8H,6-7,9-10H2,1H3,(H,24,28)(H,25,26). The highest BCUT2D eigenvalue weighted by Gasteiger charge is 2.31. The van der Waals surface area contributed by atoms with Gasteiger partial charge in [0.1, 0.15) is 11.6 Å². The number of amides is 2. The van der Waals surface area contributed by atoms with Crippen LogP contribution in [0.2, 0.25) is 0 Å². The zero-order chi connectivity index (χ0) is 21.2. The first-order valence-electron chi connectivity index (χ1n) is 8.78. The van der Waals surface area contributed by atoms with Crippen LogP contribution in [-0.4, -0.2) is 34.8 Å². The van der Waals surface area contributed by atoms with Crippen molar-refractivity contribution in [2.24, 2.45) is 0 Å². The fourth-order valence-electron chi connectivity index (χ4n) is 2.94. The van der Waals surface area contributed by atoms with Gasteiger partial charge >= 0.3 is 6.18 Å². The van der Waals surface area contributed by atoms with E-state index in [2.05, 4.69) is 15.6 Å². The van der Waals surface area contributed by atoms with Crippen LogP contribution in [0.25, 0.3) is 0 Å². The molecule has 1 aromatic carbocycles. The third-order valence-corrected chi connectivity index (χ3v) is 4.43. The summed E-state index contributed by atoms with van der Waals surface area (Å²) < 4.78 is 51.8. The van der Waals surface area contributed by atoms with Gasteiger partial charge in [0.05, 0.1) is 23.4 Å². The van der Waals surface area contributed by atoms with Crippen LogP contribution in [-0.2, 0) is 24.1 Å². The lowest BCUT2D eigenvalue weighted by molar-refractivity contribution is -0.137. The predicted molar refractivity (Wildman–Crippen MR) is 96.4 cm³/mol. The van der Waals surface area contributed by atoms with Gasteiger partial charge in [-0.15, -0.1) is 0 Å². The van der Waals surface area contributed by atoms with Gasteiger partial charge in [-0.2, -0.15) is 13.2 Å². The van der Waals surface area contributed by atoms with Gasteiger partial charge < -0.3 is 15.5 Å². The van der Waals surface area contributed by atoms with Crippen molar-refractivity contribution in [3.63, 3.8) is 0 Å². The highest BCUT2D eigenvalue weighted by molar-refractivity contribution is 5.98. The predicted octanol–water partition coefficient (Wildman–Crippen LogP) is 2.94. The van der Waals surface area contributed by atoms with Gasteiger partial charge in [0.2, 0.25) is 5.91 Å². The molecule has 3 rings (SSSR count). The van der Waals surface area contributed by atoms with Crippen LogP contribution in [0.5, 0.6) is 0 Å². The van der Waals surface area contributed by atoms with Crippen LogP contribution in [0, 0.1) is 5.82 Å². The number of pyridine rings is 1. The molecule has 0 bridgehead atoms. The second-order valence-corrected chi connectivity index (χ2v) is 6.56. The monoisotopic (exact) mass is 410 g/mol. The van der Waals surface area contributed by atoms with Crippen molar-refractivity contribution < 1.29 is 27.2 Å². The summed E-state index contributed by atoms with van der Waals surface area (Å²) in [6.45, 7) is 2.27. The van der Waals surface area contributed by atoms with Gasteiger partial charge in [-0.05, 0) is 24.3 Å². The van der Waals surface area contributed by atoms with E-state index in [-0.39, 0.29) is 30.5 Å². The highest BCUT2D eigenvalue weighted by atomic mass is 19.4. The molecule has 0 aliphatic carbocycles. The van der Waals surface area contributed by atoms with E-state index in [1.807, 2.05) is 0 Å². The van der Waals surface area contributed by atoms with Crippen molar-refractivity contribution in [3.8, 4) is 0 Å². The average molecular weight is 410 g/mol. The van der Waals surface area contributed by atoms with E-state index in [0.717, 1.165) is 12.1 Å². The molecule has 0 fully saturated rings. The molecule has 0 saturated carbocycles. The Kier molecular flexibility index (Phi) is 5.71. The van der Waals surface area contributed by atoms with E-state index in [9.17, 15) is 27.2 Å². The molecule has 1 aliphatic rings. The Balaban J connectivity index is 1.64. The number of aromatic nitrogens is 1. The zero-order valence-electron chi connectivity index (χ0n) is 15.4. The molecule has 2 amide bonds. The highest BCUT2D eigenvalue weighted by Crippen LogP contribution is 2.30. The van der Waals surface area contributed by atoms with Crippen molar-refractivity contribution in [1.29, 1.82) is 0 Å². The number of carbonyl (C=O) groups excluding carboxylic acids is 2. The van der Waals surface area contributed by atoms with Crippen molar-refractivity contribution in [2.45, 2.75) is 26.2 Å². The summed E-state index contributed by atoms with van der Waals surface area (Å²) in [5.41, 5.74) is -0.00428. The first kappa shape index (κ1) is 20.6. The Morgan fingerprint density at radius 1 is 1.24 bits per heavy atom. The molecule has 0 saturated heterocycles. The molecule has 2 aromatic rings. The van der Waals surface area contributed by atoms with Crippen LogP contribution in [0.3, 0.4) is 0 Å². The maximum atomic E-state index is 13.9. The maximum Gasteiger partial charge on any atom is 0.416 e. The lowest BCUT2D eigenvalue weighted by atomic mass is 10.1. The van der Waals surface area contributed by atoms with E-state index in [1.54, 1.807) is 17.0 Å². The van der Waals surface area contributed by atoms with E-state index in [4.69, 9.17) is 0 Å². The van der Waals surface area contributed by atoms with Crippen LogP contribution in [0.1, 0.15) is 34.1 Å². The normalized spacial score (nSPS) is 13.4. The van der Waals surface area contributed by atoms with Crippen LogP contribution >= 0.6 is 0 Å². The van der Waals surface area contributed by atoms with Gasteiger partial charge in [0, 0.05) is 32.1 Å². The number of nitrogens with one attached hydrogen (secondary N) is 2. The van der Waals surface area contributed by atoms with E-state index in [0.29, 0.717) is 36.2 Å². The summed E-state index contributed by atoms with van der Waals surface area (Å²) in [5.74, 6) is -0.972. The number of nitrogens with zero attached hydrogens (tertiary/aromatic N) is 2. The molecule has 2 N–H and O–H groups in total. The molecule has 1 aliphatic heterocycles. The number of alkyl halides is 3. The third kappa shape index (κ3) is 4.82. The summed E-state index contributed by atoms with van der Waals surface area (Å²) in [6, 6.07) is 5.50. The van der Waals surface area contributed by atoms with E-state index < -0.39 is 17.6 Å². The largest absolute Gasteiger partial charge is 0.416 e. The van der Waals surface area contributed by atoms with Gasteiger partial charge in [0.25, 0.3) is 5.91 Å². The fraction of sp³-hybridized carbons (Fsp3) is 0.316. The summed E-state index contributed by atoms with van der Waals surface area (Å²) >= 11 is 0. The molecule has 0 spiro atoms. The number of carbonyl (C=O) groups is 2. The number of halogens is 4. The summed E-state index contributed by atoms with van der Waals surface area (Å²) in [4.78, 5) is 29.1. The molecule has 6 nitrogen and oxygen atoms in total. The van der Waals surface area contributed by atoms with Gasteiger partial charge in [-0.25, -0.2) is 9.37 Å². The number of fused-ring (bicyclic) bond motifs is 1. The maximum absolute atomic E-state index is 13.9. The topological polar surface area (TPSA) is 74.3 Å². The third-order valence-electron chi connectivity index (χ3n) is 4.43. The molecular weight excluding hydrogens is 392 g/mol. The van der Waals surface area contributed by atoms with Gasteiger partial charge in [0.15, 0.2) is 0 Å². The van der Waals surface area contributed by atoms with E-state index >= 15 is 0 Å². The SMILES string of the molecule is CC(=O)NCCN1Cc2nc(NCc3ccc(C(F)(F)F)cc3F)ccc2C1=O. The quantitative estimate of drug-likeness (QED) is 0.719. The summed E-state index contributed by atoms with van der Waals surface area (Å²) in [7, 11) is 0. The number of hydrogen-bond donors (Lipinski definition) is 2. The Labute approximate surface area is 163 Å². The minimum absolute atomic E-state index is 0.0596. The number of hydrogen-bond acceptors (Lipinski definition) is 4. The molecule has 1 aromatic heterocycles. The molecule has 0 atom stereocenters. The number of anilines is 1. The molecule has 10 heteroatoms. The molecule has 0 radical (unpaired) electrons. The Morgan fingerprint density at radius 3 is 2.66 bits per heavy atom. The number of rotatable bonds is 6. The molecule has 154 valence electrons. The summed E-state index contributed by atoms with van der Waals surface area (Å²) in [5, 5.41) is 5.47. The van der Waals surface area contributed by atoms with Crippen LogP contribution in [0.4, 0.5) is 23.4 Å². The zero-order valence-corrected chi connectivity index (χ0v) is 15.4. The fourth-order valence-corrected chi connectivity index (χ4v) is 2.94.